The molecule has 0 aliphatic carbocycles. The topological polar surface area (TPSA) is 84.9 Å². The van der Waals surface area contributed by atoms with E-state index < -0.39 is 23.6 Å². The average molecular weight is 636 g/mol. The summed E-state index contributed by atoms with van der Waals surface area (Å²) >= 11 is 16.9. The Kier molecular flexibility index (Phi) is 9.38. The van der Waals surface area contributed by atoms with Gasteiger partial charge in [0, 0.05) is 10.2 Å². The van der Waals surface area contributed by atoms with Crippen molar-refractivity contribution in [2.24, 2.45) is 0 Å². The van der Waals surface area contributed by atoms with Gasteiger partial charge in [-0.25, -0.2) is 0 Å². The number of nitrogens with one attached hydrogen (secondary N) is 1. The minimum absolute atomic E-state index is 0.152. The summed E-state index contributed by atoms with van der Waals surface area (Å²) in [6.07, 6.45) is 1.51. The summed E-state index contributed by atoms with van der Waals surface area (Å²) in [5.74, 6) is -0.0980. The molecule has 1 fully saturated rings. The number of rotatable bonds is 9. The van der Waals surface area contributed by atoms with Gasteiger partial charge < -0.3 is 14.8 Å². The Bertz CT molecular complexity index is 1370. The fraction of sp³-hybridized carbons (Fsp3) is 0.148. The molecular formula is C27H21BrCl2N2O5S. The van der Waals surface area contributed by atoms with Gasteiger partial charge in [0.25, 0.3) is 11.1 Å². The highest BCUT2D eigenvalue weighted by Gasteiger charge is 2.36. The van der Waals surface area contributed by atoms with Gasteiger partial charge in [-0.1, -0.05) is 51.3 Å². The molecule has 0 spiro atoms. The lowest BCUT2D eigenvalue weighted by atomic mass is 10.2. The Morgan fingerprint density at radius 2 is 1.68 bits per heavy atom. The zero-order valence-electron chi connectivity index (χ0n) is 20.0. The number of ether oxygens (including phenoxy) is 2. The lowest BCUT2D eigenvalue weighted by Crippen LogP contribution is -2.36. The molecule has 11 heteroatoms. The first kappa shape index (κ1) is 28.0. The maximum atomic E-state index is 12.9. The molecule has 0 aromatic heterocycles. The number of carbonyl (C=O) groups is 3. The first-order valence-electron chi connectivity index (χ1n) is 11.4. The zero-order chi connectivity index (χ0) is 27.2. The standard InChI is InChI=1S/C27H21BrCl2N2O5S/c1-2-36-20-9-7-19(8-10-20)31-24(33)14-32-26(34)23(38-27(32)35)13-17-11-21(29)25(22(30)12-17)37-15-16-3-5-18(28)6-4-16/h3-13H,2,14-15H2,1H3,(H,31,33)/b23-13+. The van der Waals surface area contributed by atoms with E-state index >= 15 is 0 Å². The van der Waals surface area contributed by atoms with E-state index in [0.29, 0.717) is 29.4 Å². The van der Waals surface area contributed by atoms with Gasteiger partial charge in [0.15, 0.2) is 5.75 Å². The molecule has 3 amide bonds. The van der Waals surface area contributed by atoms with Crippen LogP contribution < -0.4 is 14.8 Å². The number of hydrogen-bond acceptors (Lipinski definition) is 6. The molecule has 7 nitrogen and oxygen atoms in total. The van der Waals surface area contributed by atoms with Crippen molar-refractivity contribution in [2.75, 3.05) is 18.5 Å². The Labute approximate surface area is 242 Å². The molecule has 1 aliphatic heterocycles. The number of hydrogen-bond donors (Lipinski definition) is 1. The summed E-state index contributed by atoms with van der Waals surface area (Å²) in [4.78, 5) is 38.9. The van der Waals surface area contributed by atoms with E-state index in [9.17, 15) is 14.4 Å². The Hall–Kier alpha value is -2.98. The fourth-order valence-corrected chi connectivity index (χ4v) is 5.19. The molecule has 0 bridgehead atoms. The van der Waals surface area contributed by atoms with E-state index in [4.69, 9.17) is 32.7 Å². The number of benzene rings is 3. The van der Waals surface area contributed by atoms with Gasteiger partial charge in [-0.15, -0.1) is 0 Å². The maximum Gasteiger partial charge on any atom is 0.294 e. The molecule has 3 aromatic rings. The number of anilines is 1. The van der Waals surface area contributed by atoms with Gasteiger partial charge in [0.05, 0.1) is 21.6 Å². The van der Waals surface area contributed by atoms with Crippen molar-refractivity contribution in [3.8, 4) is 11.5 Å². The highest BCUT2D eigenvalue weighted by Crippen LogP contribution is 2.38. The summed E-state index contributed by atoms with van der Waals surface area (Å²) < 4.78 is 12.1. The monoisotopic (exact) mass is 634 g/mol. The van der Waals surface area contributed by atoms with Crippen molar-refractivity contribution in [1.29, 1.82) is 0 Å². The molecule has 4 rings (SSSR count). The molecule has 0 saturated carbocycles. The Balaban J connectivity index is 1.40. The van der Waals surface area contributed by atoms with Crippen LogP contribution in [0.1, 0.15) is 18.1 Å². The second kappa shape index (κ2) is 12.7. The van der Waals surface area contributed by atoms with Gasteiger partial charge in [0.1, 0.15) is 18.9 Å². The third-order valence-corrected chi connectivity index (χ3v) is 7.24. The van der Waals surface area contributed by atoms with Gasteiger partial charge in [-0.2, -0.15) is 0 Å². The predicted molar refractivity (Wildman–Crippen MR) is 154 cm³/mol. The van der Waals surface area contributed by atoms with Crippen LogP contribution in [0.15, 0.2) is 70.0 Å². The molecule has 1 heterocycles. The van der Waals surface area contributed by atoms with Crippen LogP contribution in [-0.2, 0) is 16.2 Å². The van der Waals surface area contributed by atoms with Crippen LogP contribution in [0.3, 0.4) is 0 Å². The van der Waals surface area contributed by atoms with E-state index in [-0.39, 0.29) is 21.6 Å². The molecule has 0 radical (unpaired) electrons. The number of carbonyl (C=O) groups excluding carboxylic acids is 3. The van der Waals surface area contributed by atoms with Crippen LogP contribution in [0.25, 0.3) is 6.08 Å². The molecule has 3 aromatic carbocycles. The van der Waals surface area contributed by atoms with Gasteiger partial charge in [-0.05, 0) is 84.4 Å². The number of imide groups is 1. The third-order valence-electron chi connectivity index (χ3n) is 5.24. The van der Waals surface area contributed by atoms with Crippen molar-refractivity contribution in [1.82, 2.24) is 4.90 Å². The van der Waals surface area contributed by atoms with Gasteiger partial charge in [-0.3, -0.25) is 19.3 Å². The van der Waals surface area contributed by atoms with Crippen LogP contribution >= 0.6 is 50.9 Å². The fourth-order valence-electron chi connectivity index (χ4n) is 3.47. The van der Waals surface area contributed by atoms with Crippen LogP contribution in [-0.4, -0.2) is 35.1 Å². The van der Waals surface area contributed by atoms with Crippen LogP contribution in [0.2, 0.25) is 10.0 Å². The molecule has 38 heavy (non-hydrogen) atoms. The second-order valence-electron chi connectivity index (χ2n) is 8.00. The second-order valence-corrected chi connectivity index (χ2v) is 10.7. The lowest BCUT2D eigenvalue weighted by Gasteiger charge is -2.13. The Morgan fingerprint density at radius 1 is 1.03 bits per heavy atom. The number of nitrogens with zero attached hydrogens (tertiary/aromatic N) is 1. The normalized spacial score (nSPS) is 14.2. The number of thioether (sulfide) groups is 1. The summed E-state index contributed by atoms with van der Waals surface area (Å²) in [6.45, 7) is 2.25. The van der Waals surface area contributed by atoms with Crippen molar-refractivity contribution < 1.29 is 23.9 Å². The average Bonchev–Trinajstić information content (AvgIpc) is 3.13. The van der Waals surface area contributed by atoms with Crippen molar-refractivity contribution in [3.63, 3.8) is 0 Å². The predicted octanol–water partition coefficient (Wildman–Crippen LogP) is 7.41. The summed E-state index contributed by atoms with van der Waals surface area (Å²) in [7, 11) is 0. The van der Waals surface area contributed by atoms with Gasteiger partial charge >= 0.3 is 0 Å². The van der Waals surface area contributed by atoms with E-state index in [1.54, 1.807) is 36.4 Å². The van der Waals surface area contributed by atoms with Crippen molar-refractivity contribution >= 4 is 79.7 Å². The molecule has 196 valence electrons. The first-order chi connectivity index (χ1) is 18.2. The van der Waals surface area contributed by atoms with Crippen LogP contribution in [0.4, 0.5) is 10.5 Å². The molecular weight excluding hydrogens is 615 g/mol. The molecule has 0 atom stereocenters. The van der Waals surface area contributed by atoms with Crippen LogP contribution in [0, 0.1) is 0 Å². The third kappa shape index (κ3) is 7.11. The quantitative estimate of drug-likeness (QED) is 0.247. The van der Waals surface area contributed by atoms with E-state index in [2.05, 4.69) is 21.2 Å². The first-order valence-corrected chi connectivity index (χ1v) is 13.7. The summed E-state index contributed by atoms with van der Waals surface area (Å²) in [6, 6.07) is 17.6. The molecule has 1 saturated heterocycles. The summed E-state index contributed by atoms with van der Waals surface area (Å²) in [5.41, 5.74) is 1.97. The number of amides is 3. The van der Waals surface area contributed by atoms with E-state index in [1.165, 1.54) is 6.08 Å². The van der Waals surface area contributed by atoms with Crippen LogP contribution in [0.5, 0.6) is 11.5 Å². The zero-order valence-corrected chi connectivity index (χ0v) is 23.9. The van der Waals surface area contributed by atoms with Gasteiger partial charge in [0.2, 0.25) is 5.91 Å². The molecule has 0 unspecified atom stereocenters. The highest BCUT2D eigenvalue weighted by atomic mass is 79.9. The van der Waals surface area contributed by atoms with Crippen molar-refractivity contribution in [3.05, 3.63) is 91.2 Å². The molecule has 1 aliphatic rings. The smallest absolute Gasteiger partial charge is 0.294 e. The molecule has 1 N–H and O–H groups in total. The summed E-state index contributed by atoms with van der Waals surface area (Å²) in [5, 5.41) is 2.64. The maximum absolute atomic E-state index is 12.9. The Morgan fingerprint density at radius 3 is 2.32 bits per heavy atom. The largest absolute Gasteiger partial charge is 0.494 e. The minimum atomic E-state index is -0.579. The van der Waals surface area contributed by atoms with E-state index in [1.807, 2.05) is 31.2 Å². The number of halogens is 3. The van der Waals surface area contributed by atoms with E-state index in [0.717, 1.165) is 26.7 Å². The van der Waals surface area contributed by atoms with Crippen molar-refractivity contribution in [2.45, 2.75) is 13.5 Å². The lowest BCUT2D eigenvalue weighted by molar-refractivity contribution is -0.127. The highest BCUT2D eigenvalue weighted by molar-refractivity contribution is 9.10. The SMILES string of the molecule is CCOc1ccc(NC(=O)CN2C(=O)S/C(=C/c3cc(Cl)c(OCc4ccc(Br)cc4)c(Cl)c3)C2=O)cc1. The minimum Gasteiger partial charge on any atom is -0.494 e.